The van der Waals surface area contributed by atoms with Crippen molar-refractivity contribution < 1.29 is 4.79 Å². The molecule has 3 heteroatoms. The first-order valence-electron chi connectivity index (χ1n) is 7.17. The molecule has 0 amide bonds. The lowest BCUT2D eigenvalue weighted by Crippen LogP contribution is -2.24. The Hall–Kier alpha value is -1.31. The molecular formula is C18H16Cl2O. The third-order valence-corrected chi connectivity index (χ3v) is 5.06. The van der Waals surface area contributed by atoms with E-state index in [9.17, 15) is 4.79 Å². The fourth-order valence-corrected chi connectivity index (χ4v) is 3.38. The van der Waals surface area contributed by atoms with Crippen molar-refractivity contribution in [2.24, 2.45) is 5.92 Å². The van der Waals surface area contributed by atoms with Gasteiger partial charge in [-0.1, -0.05) is 59.6 Å². The van der Waals surface area contributed by atoms with Crippen LogP contribution >= 0.6 is 23.2 Å². The quantitative estimate of drug-likeness (QED) is 0.785. The standard InChI is InChI=1S/C18H16Cl2O/c19-16-7-3-6-15(18(16)20)11-17(21)14-9-8-12-4-1-2-5-13(12)10-14/h1-7,14H,8-11H2. The van der Waals surface area contributed by atoms with Crippen LogP contribution in [0.3, 0.4) is 0 Å². The summed E-state index contributed by atoms with van der Waals surface area (Å²) >= 11 is 12.2. The maximum atomic E-state index is 12.5. The Morgan fingerprint density at radius 1 is 1.05 bits per heavy atom. The van der Waals surface area contributed by atoms with Crippen LogP contribution in [0.1, 0.15) is 23.1 Å². The largest absolute Gasteiger partial charge is 0.299 e. The highest BCUT2D eigenvalue weighted by Gasteiger charge is 2.24. The molecule has 2 aromatic carbocycles. The Morgan fingerprint density at radius 2 is 1.81 bits per heavy atom. The molecule has 1 unspecified atom stereocenters. The number of hydrogen-bond donors (Lipinski definition) is 0. The molecule has 0 fully saturated rings. The molecule has 0 saturated heterocycles. The normalized spacial score (nSPS) is 17.3. The van der Waals surface area contributed by atoms with Gasteiger partial charge in [0.25, 0.3) is 0 Å². The summed E-state index contributed by atoms with van der Waals surface area (Å²) < 4.78 is 0. The highest BCUT2D eigenvalue weighted by atomic mass is 35.5. The van der Waals surface area contributed by atoms with Crippen molar-refractivity contribution in [1.82, 2.24) is 0 Å². The van der Waals surface area contributed by atoms with Gasteiger partial charge in [-0.3, -0.25) is 4.79 Å². The minimum Gasteiger partial charge on any atom is -0.299 e. The maximum Gasteiger partial charge on any atom is 0.140 e. The van der Waals surface area contributed by atoms with Gasteiger partial charge in [0.05, 0.1) is 10.0 Å². The van der Waals surface area contributed by atoms with E-state index >= 15 is 0 Å². The van der Waals surface area contributed by atoms with Crippen LogP contribution in [0.5, 0.6) is 0 Å². The van der Waals surface area contributed by atoms with Gasteiger partial charge in [-0.2, -0.15) is 0 Å². The molecule has 1 aliphatic rings. The fraction of sp³-hybridized carbons (Fsp3) is 0.278. The molecule has 21 heavy (non-hydrogen) atoms. The average molecular weight is 319 g/mol. The highest BCUT2D eigenvalue weighted by molar-refractivity contribution is 6.42. The third-order valence-electron chi connectivity index (χ3n) is 4.20. The maximum absolute atomic E-state index is 12.5. The highest BCUT2D eigenvalue weighted by Crippen LogP contribution is 2.30. The zero-order valence-corrected chi connectivity index (χ0v) is 13.1. The molecule has 0 N–H and O–H groups in total. The van der Waals surface area contributed by atoms with Crippen LogP contribution in [-0.2, 0) is 24.1 Å². The predicted octanol–water partition coefficient (Wildman–Crippen LogP) is 4.91. The topological polar surface area (TPSA) is 17.1 Å². The molecule has 0 saturated carbocycles. The van der Waals surface area contributed by atoms with Gasteiger partial charge in [-0.05, 0) is 42.0 Å². The van der Waals surface area contributed by atoms with E-state index in [1.807, 2.05) is 18.2 Å². The first kappa shape index (κ1) is 14.6. The summed E-state index contributed by atoms with van der Waals surface area (Å²) in [5.41, 5.74) is 3.51. The summed E-state index contributed by atoms with van der Waals surface area (Å²) in [6, 6.07) is 13.8. The summed E-state index contributed by atoms with van der Waals surface area (Å²) in [4.78, 5) is 12.5. The molecule has 1 atom stereocenters. The third kappa shape index (κ3) is 3.14. The van der Waals surface area contributed by atoms with E-state index in [2.05, 4.69) is 18.2 Å². The number of ketones is 1. The van der Waals surface area contributed by atoms with Crippen molar-refractivity contribution in [2.75, 3.05) is 0 Å². The zero-order valence-electron chi connectivity index (χ0n) is 11.6. The van der Waals surface area contributed by atoms with E-state index in [0.29, 0.717) is 16.5 Å². The Labute approximate surface area is 134 Å². The van der Waals surface area contributed by atoms with E-state index in [0.717, 1.165) is 24.8 Å². The lowest BCUT2D eigenvalue weighted by molar-refractivity contribution is -0.122. The average Bonchev–Trinajstić information content (AvgIpc) is 2.51. The molecular weight excluding hydrogens is 303 g/mol. The van der Waals surface area contributed by atoms with Crippen LogP contribution in [-0.4, -0.2) is 5.78 Å². The Bertz CT molecular complexity index is 679. The van der Waals surface area contributed by atoms with Crippen molar-refractivity contribution in [3.8, 4) is 0 Å². The van der Waals surface area contributed by atoms with E-state index in [1.165, 1.54) is 11.1 Å². The summed E-state index contributed by atoms with van der Waals surface area (Å²) in [5, 5.41) is 1.01. The van der Waals surface area contributed by atoms with Crippen LogP contribution in [0, 0.1) is 5.92 Å². The van der Waals surface area contributed by atoms with Crippen molar-refractivity contribution in [3.63, 3.8) is 0 Å². The molecule has 0 aromatic heterocycles. The number of hydrogen-bond acceptors (Lipinski definition) is 1. The number of benzene rings is 2. The summed E-state index contributed by atoms with van der Waals surface area (Å²) in [6.45, 7) is 0. The lowest BCUT2D eigenvalue weighted by atomic mass is 9.80. The minimum absolute atomic E-state index is 0.0925. The van der Waals surface area contributed by atoms with Gasteiger partial charge in [0.15, 0.2) is 0 Å². The molecule has 0 radical (unpaired) electrons. The molecule has 1 nitrogen and oxygen atoms in total. The Kier molecular flexibility index (Phi) is 4.32. The molecule has 1 aliphatic carbocycles. The van der Waals surface area contributed by atoms with E-state index < -0.39 is 0 Å². The summed E-state index contributed by atoms with van der Waals surface area (Å²) in [7, 11) is 0. The molecule has 0 heterocycles. The molecule has 2 aromatic rings. The molecule has 3 rings (SSSR count). The Morgan fingerprint density at radius 3 is 2.62 bits per heavy atom. The zero-order chi connectivity index (χ0) is 14.8. The van der Waals surface area contributed by atoms with Crippen molar-refractivity contribution in [1.29, 1.82) is 0 Å². The number of aryl methyl sites for hydroxylation is 1. The monoisotopic (exact) mass is 318 g/mol. The second-order valence-corrected chi connectivity index (χ2v) is 6.35. The molecule has 108 valence electrons. The molecule has 0 spiro atoms. The first-order chi connectivity index (χ1) is 10.1. The van der Waals surface area contributed by atoms with Gasteiger partial charge in [0.2, 0.25) is 0 Å². The number of halogens is 2. The Balaban J connectivity index is 1.74. The van der Waals surface area contributed by atoms with E-state index in [4.69, 9.17) is 23.2 Å². The SMILES string of the molecule is O=C(Cc1cccc(Cl)c1Cl)C1CCc2ccccc2C1. The lowest BCUT2D eigenvalue weighted by Gasteiger charge is -2.23. The number of carbonyl (C=O) groups excluding carboxylic acids is 1. The number of rotatable bonds is 3. The number of Topliss-reactive ketones (excluding diaryl/α,β-unsaturated/α-hetero) is 1. The summed E-state index contributed by atoms with van der Waals surface area (Å²) in [6.07, 6.45) is 3.11. The second kappa shape index (κ2) is 6.21. The van der Waals surface area contributed by atoms with Gasteiger partial charge in [0, 0.05) is 12.3 Å². The predicted molar refractivity (Wildman–Crippen MR) is 87.1 cm³/mol. The van der Waals surface area contributed by atoms with Crippen LogP contribution in [0.25, 0.3) is 0 Å². The fourth-order valence-electron chi connectivity index (χ4n) is 2.99. The second-order valence-electron chi connectivity index (χ2n) is 5.56. The molecule has 0 aliphatic heterocycles. The first-order valence-corrected chi connectivity index (χ1v) is 7.93. The van der Waals surface area contributed by atoms with Crippen LogP contribution in [0.2, 0.25) is 10.0 Å². The van der Waals surface area contributed by atoms with Crippen molar-refractivity contribution in [2.45, 2.75) is 25.7 Å². The van der Waals surface area contributed by atoms with Crippen LogP contribution in [0.4, 0.5) is 0 Å². The van der Waals surface area contributed by atoms with Gasteiger partial charge in [0.1, 0.15) is 5.78 Å². The van der Waals surface area contributed by atoms with Crippen molar-refractivity contribution >= 4 is 29.0 Å². The van der Waals surface area contributed by atoms with Crippen molar-refractivity contribution in [3.05, 3.63) is 69.2 Å². The molecule has 0 bridgehead atoms. The van der Waals surface area contributed by atoms with E-state index in [1.54, 1.807) is 6.07 Å². The van der Waals surface area contributed by atoms with Gasteiger partial charge in [-0.25, -0.2) is 0 Å². The summed E-state index contributed by atoms with van der Waals surface area (Å²) in [5.74, 6) is 0.351. The van der Waals surface area contributed by atoms with Gasteiger partial charge < -0.3 is 0 Å². The van der Waals surface area contributed by atoms with Crippen LogP contribution in [0.15, 0.2) is 42.5 Å². The number of carbonyl (C=O) groups is 1. The number of fused-ring (bicyclic) bond motifs is 1. The van der Waals surface area contributed by atoms with Crippen LogP contribution < -0.4 is 0 Å². The van der Waals surface area contributed by atoms with E-state index in [-0.39, 0.29) is 11.7 Å². The smallest absolute Gasteiger partial charge is 0.140 e. The van der Waals surface area contributed by atoms with Gasteiger partial charge >= 0.3 is 0 Å². The minimum atomic E-state index is 0.0925. The van der Waals surface area contributed by atoms with Gasteiger partial charge in [-0.15, -0.1) is 0 Å².